The van der Waals surface area contributed by atoms with E-state index in [1.807, 2.05) is 0 Å². The Hall–Kier alpha value is -0.570. The Morgan fingerprint density at radius 1 is 1.29 bits per heavy atom. The van der Waals surface area contributed by atoms with E-state index in [1.165, 1.54) is 0 Å². The van der Waals surface area contributed by atoms with Gasteiger partial charge in [-0.15, -0.1) is 0 Å². The van der Waals surface area contributed by atoms with Gasteiger partial charge in [-0.25, -0.2) is 0 Å². The lowest BCUT2D eigenvalue weighted by Crippen LogP contribution is -2.68. The first-order valence-corrected chi connectivity index (χ1v) is 6.62. The Morgan fingerprint density at radius 3 is 2.12 bits per heavy atom. The van der Waals surface area contributed by atoms with Crippen molar-refractivity contribution in [2.45, 2.75) is 58.5 Å². The summed E-state index contributed by atoms with van der Waals surface area (Å²) in [5, 5.41) is 0. The normalized spacial score (nSPS) is 43.6. The maximum absolute atomic E-state index is 11.7. The lowest BCUT2D eigenvalue weighted by atomic mass is 9.64. The first-order chi connectivity index (χ1) is 7.74. The van der Waals surface area contributed by atoms with Crippen LogP contribution in [-0.4, -0.2) is 28.9 Å². The van der Waals surface area contributed by atoms with Gasteiger partial charge in [0.15, 0.2) is 0 Å². The van der Waals surface area contributed by atoms with Gasteiger partial charge in [-0.1, -0.05) is 20.8 Å². The van der Waals surface area contributed by atoms with E-state index in [2.05, 4.69) is 53.0 Å². The number of nitrogens with two attached hydrogens (primary N) is 1. The number of carbonyl (C=O) groups is 1. The van der Waals surface area contributed by atoms with Crippen LogP contribution >= 0.6 is 0 Å². The lowest BCUT2D eigenvalue weighted by molar-refractivity contribution is -0.134. The predicted octanol–water partition coefficient (Wildman–Crippen LogP) is 2.21. The second-order valence-corrected chi connectivity index (χ2v) is 5.84. The van der Waals surface area contributed by atoms with Gasteiger partial charge in [0, 0.05) is 11.1 Å². The highest BCUT2D eigenvalue weighted by atomic mass is 16.1. The number of piperidine rings is 1. The summed E-state index contributed by atoms with van der Waals surface area (Å²) < 4.78 is 0. The van der Waals surface area contributed by atoms with Gasteiger partial charge in [0.1, 0.15) is 0 Å². The van der Waals surface area contributed by atoms with Gasteiger partial charge >= 0.3 is 0 Å². The Kier molecular flexibility index (Phi) is 3.92. The SMILES string of the molecule is CCC1(C)C(C)[CH]C(C(N)=O)C(C)(CC)N1C. The van der Waals surface area contributed by atoms with E-state index in [0.29, 0.717) is 5.92 Å². The predicted molar refractivity (Wildman–Crippen MR) is 71.3 cm³/mol. The summed E-state index contributed by atoms with van der Waals surface area (Å²) >= 11 is 0. The van der Waals surface area contributed by atoms with Gasteiger partial charge in [-0.2, -0.15) is 0 Å². The highest BCUT2D eigenvalue weighted by Crippen LogP contribution is 2.46. The summed E-state index contributed by atoms with van der Waals surface area (Å²) in [6, 6.07) is 0. The van der Waals surface area contributed by atoms with Crippen molar-refractivity contribution in [3.05, 3.63) is 6.42 Å². The quantitative estimate of drug-likeness (QED) is 0.821. The molecule has 0 aromatic heterocycles. The topological polar surface area (TPSA) is 46.3 Å². The second-order valence-electron chi connectivity index (χ2n) is 5.84. The smallest absolute Gasteiger partial charge is 0.222 e. The molecule has 0 aliphatic carbocycles. The zero-order chi connectivity index (χ0) is 13.4. The van der Waals surface area contributed by atoms with Gasteiger partial charge in [0.05, 0.1) is 5.92 Å². The van der Waals surface area contributed by atoms with Crippen molar-refractivity contribution >= 4 is 5.91 Å². The Morgan fingerprint density at radius 2 is 1.76 bits per heavy atom. The van der Waals surface area contributed by atoms with E-state index < -0.39 is 0 Å². The first kappa shape index (κ1) is 14.5. The molecule has 99 valence electrons. The van der Waals surface area contributed by atoms with Crippen LogP contribution in [0, 0.1) is 18.3 Å². The van der Waals surface area contributed by atoms with Crippen LogP contribution in [-0.2, 0) is 4.79 Å². The highest BCUT2D eigenvalue weighted by molar-refractivity contribution is 5.80. The van der Waals surface area contributed by atoms with E-state index in [1.54, 1.807) is 0 Å². The molecule has 1 aliphatic heterocycles. The zero-order valence-corrected chi connectivity index (χ0v) is 12.1. The third-order valence-corrected chi connectivity index (χ3v) is 5.40. The van der Waals surface area contributed by atoms with Gasteiger partial charge in [0.2, 0.25) is 5.91 Å². The molecule has 0 bridgehead atoms. The summed E-state index contributed by atoms with van der Waals surface area (Å²) in [6.45, 7) is 11.0. The average molecular weight is 239 g/mol. The highest BCUT2D eigenvalue weighted by Gasteiger charge is 2.53. The first-order valence-electron chi connectivity index (χ1n) is 6.62. The average Bonchev–Trinajstić information content (AvgIpc) is 2.30. The van der Waals surface area contributed by atoms with Crippen LogP contribution in [0.3, 0.4) is 0 Å². The number of likely N-dealkylation sites (tertiary alicyclic amines) is 1. The van der Waals surface area contributed by atoms with Crippen LogP contribution < -0.4 is 5.73 Å². The number of amides is 1. The van der Waals surface area contributed by atoms with Gasteiger partial charge in [-0.3, -0.25) is 9.69 Å². The summed E-state index contributed by atoms with van der Waals surface area (Å²) in [6.07, 6.45) is 4.16. The molecule has 1 amide bonds. The minimum Gasteiger partial charge on any atom is -0.369 e. The van der Waals surface area contributed by atoms with E-state index in [9.17, 15) is 4.79 Å². The Bertz CT molecular complexity index is 305. The molecule has 1 aliphatic rings. The Labute approximate surface area is 106 Å². The number of rotatable bonds is 3. The van der Waals surface area contributed by atoms with Gasteiger partial charge in [0.25, 0.3) is 0 Å². The lowest BCUT2D eigenvalue weighted by Gasteiger charge is -2.59. The number of primary amides is 1. The van der Waals surface area contributed by atoms with Crippen molar-refractivity contribution in [3.63, 3.8) is 0 Å². The molecule has 1 saturated heterocycles. The number of hydrogen-bond donors (Lipinski definition) is 1. The molecule has 0 aromatic rings. The fraction of sp³-hybridized carbons (Fsp3) is 0.857. The molecular weight excluding hydrogens is 212 g/mol. The fourth-order valence-electron chi connectivity index (χ4n) is 3.22. The minimum atomic E-state index is -0.203. The molecule has 4 atom stereocenters. The van der Waals surface area contributed by atoms with Gasteiger partial charge < -0.3 is 5.73 Å². The molecule has 3 nitrogen and oxygen atoms in total. The Balaban J connectivity index is 3.18. The fourth-order valence-corrected chi connectivity index (χ4v) is 3.22. The maximum atomic E-state index is 11.7. The summed E-state index contributed by atoms with van der Waals surface area (Å²) in [7, 11) is 2.13. The summed E-state index contributed by atoms with van der Waals surface area (Å²) in [5.74, 6) is 0.00736. The van der Waals surface area contributed by atoms with Crippen molar-refractivity contribution in [1.82, 2.24) is 4.90 Å². The van der Waals surface area contributed by atoms with Crippen molar-refractivity contribution in [2.75, 3.05) is 7.05 Å². The number of hydrogen-bond acceptors (Lipinski definition) is 2. The van der Waals surface area contributed by atoms with E-state index in [-0.39, 0.29) is 22.9 Å². The van der Waals surface area contributed by atoms with Crippen molar-refractivity contribution in [1.29, 1.82) is 0 Å². The molecule has 17 heavy (non-hydrogen) atoms. The second kappa shape index (κ2) is 4.60. The van der Waals surface area contributed by atoms with Crippen LogP contribution in [0.5, 0.6) is 0 Å². The van der Waals surface area contributed by atoms with Crippen molar-refractivity contribution < 1.29 is 4.79 Å². The molecule has 1 rings (SSSR count). The van der Waals surface area contributed by atoms with Crippen molar-refractivity contribution in [3.8, 4) is 0 Å². The van der Waals surface area contributed by atoms with E-state index >= 15 is 0 Å². The molecule has 1 heterocycles. The molecule has 1 fully saturated rings. The molecule has 0 spiro atoms. The zero-order valence-electron chi connectivity index (χ0n) is 12.1. The standard InChI is InChI=1S/C14H27N2O/c1-7-13(4)10(3)9-11(12(15)17)14(5,8-2)16(13)6/h9-11H,7-8H2,1-6H3,(H2,15,17). The van der Waals surface area contributed by atoms with E-state index in [4.69, 9.17) is 5.73 Å². The van der Waals surface area contributed by atoms with Crippen LogP contribution in [0.1, 0.15) is 47.5 Å². The molecule has 0 aromatic carbocycles. The monoisotopic (exact) mass is 239 g/mol. The third-order valence-electron chi connectivity index (χ3n) is 5.40. The van der Waals surface area contributed by atoms with Crippen molar-refractivity contribution in [2.24, 2.45) is 17.6 Å². The molecule has 1 radical (unpaired) electrons. The summed E-state index contributed by atoms with van der Waals surface area (Å²) in [4.78, 5) is 14.1. The molecule has 2 N–H and O–H groups in total. The molecule has 3 heteroatoms. The molecular formula is C14H27N2O. The van der Waals surface area contributed by atoms with Crippen LogP contribution in [0.2, 0.25) is 0 Å². The maximum Gasteiger partial charge on any atom is 0.222 e. The van der Waals surface area contributed by atoms with Crippen LogP contribution in [0.4, 0.5) is 0 Å². The molecule has 0 saturated carbocycles. The largest absolute Gasteiger partial charge is 0.369 e. The minimum absolute atomic E-state index is 0.108. The summed E-state index contributed by atoms with van der Waals surface area (Å²) in [5.41, 5.74) is 5.52. The number of carbonyl (C=O) groups excluding carboxylic acids is 1. The van der Waals surface area contributed by atoms with Crippen LogP contribution in [0.25, 0.3) is 0 Å². The molecule has 4 unspecified atom stereocenters. The van der Waals surface area contributed by atoms with Gasteiger partial charge in [-0.05, 0) is 46.1 Å². The van der Waals surface area contributed by atoms with E-state index in [0.717, 1.165) is 12.8 Å². The number of nitrogens with zero attached hydrogens (tertiary/aromatic N) is 1. The third kappa shape index (κ3) is 1.99. The van der Waals surface area contributed by atoms with Crippen LogP contribution in [0.15, 0.2) is 0 Å².